The summed E-state index contributed by atoms with van der Waals surface area (Å²) in [5, 5.41) is 8.97. The molecule has 78 valence electrons. The Morgan fingerprint density at radius 3 is 2.87 bits per heavy atom. The van der Waals surface area contributed by atoms with Crippen LogP contribution in [-0.2, 0) is 5.88 Å². The van der Waals surface area contributed by atoms with Crippen LogP contribution in [-0.4, -0.2) is 21.0 Å². The van der Waals surface area contributed by atoms with E-state index < -0.39 is 5.97 Å². The molecular weight excluding hydrogens is 239 g/mol. The predicted molar refractivity (Wildman–Crippen MR) is 57.6 cm³/mol. The Bertz CT molecular complexity index is 536. The van der Waals surface area contributed by atoms with Gasteiger partial charge in [-0.25, -0.2) is 9.78 Å². The molecule has 1 heterocycles. The van der Waals surface area contributed by atoms with Crippen LogP contribution in [0.4, 0.5) is 0 Å². The van der Waals surface area contributed by atoms with Gasteiger partial charge in [0.05, 0.1) is 22.0 Å². The van der Waals surface area contributed by atoms with Gasteiger partial charge < -0.3 is 10.1 Å². The minimum absolute atomic E-state index is 0.0387. The molecule has 0 atom stereocenters. The Kier molecular flexibility index (Phi) is 2.54. The van der Waals surface area contributed by atoms with Gasteiger partial charge in [0.1, 0.15) is 11.3 Å². The molecule has 2 rings (SSSR count). The van der Waals surface area contributed by atoms with E-state index in [1.54, 1.807) is 6.07 Å². The average molecular weight is 245 g/mol. The number of benzene rings is 1. The van der Waals surface area contributed by atoms with E-state index in [9.17, 15) is 4.79 Å². The number of imidazole rings is 1. The fourth-order valence-corrected chi connectivity index (χ4v) is 1.74. The molecule has 0 bridgehead atoms. The van der Waals surface area contributed by atoms with Gasteiger partial charge in [-0.15, -0.1) is 11.6 Å². The van der Waals surface area contributed by atoms with Crippen LogP contribution >= 0.6 is 23.2 Å². The van der Waals surface area contributed by atoms with Crippen LogP contribution in [0.5, 0.6) is 0 Å². The van der Waals surface area contributed by atoms with Gasteiger partial charge in [-0.1, -0.05) is 11.6 Å². The first-order chi connectivity index (χ1) is 7.13. The number of hydrogen-bond donors (Lipinski definition) is 2. The molecule has 2 aromatic rings. The summed E-state index contributed by atoms with van der Waals surface area (Å²) in [6.45, 7) is 0. The van der Waals surface area contributed by atoms with Gasteiger partial charge in [-0.05, 0) is 12.1 Å². The topological polar surface area (TPSA) is 66.0 Å². The summed E-state index contributed by atoms with van der Waals surface area (Å²) in [4.78, 5) is 17.8. The lowest BCUT2D eigenvalue weighted by molar-refractivity contribution is 0.0697. The molecule has 6 heteroatoms. The van der Waals surface area contributed by atoms with Crippen molar-refractivity contribution in [3.05, 3.63) is 28.5 Å². The zero-order valence-corrected chi connectivity index (χ0v) is 8.93. The van der Waals surface area contributed by atoms with E-state index in [1.807, 2.05) is 0 Å². The maximum atomic E-state index is 10.8. The number of aromatic carboxylic acids is 1. The quantitative estimate of drug-likeness (QED) is 0.799. The summed E-state index contributed by atoms with van der Waals surface area (Å²) in [5.74, 6) is -0.277. The first-order valence-corrected chi connectivity index (χ1v) is 5.01. The third-order valence-electron chi connectivity index (χ3n) is 2.00. The molecule has 0 saturated heterocycles. The Labute approximate surface area is 94.8 Å². The molecule has 2 N–H and O–H groups in total. The second kappa shape index (κ2) is 3.72. The molecule has 0 amide bonds. The predicted octanol–water partition coefficient (Wildman–Crippen LogP) is 2.65. The first-order valence-electron chi connectivity index (χ1n) is 4.10. The van der Waals surface area contributed by atoms with Crippen molar-refractivity contribution in [1.29, 1.82) is 0 Å². The highest BCUT2D eigenvalue weighted by atomic mass is 35.5. The summed E-state index contributed by atoms with van der Waals surface area (Å²) in [5.41, 5.74) is 1.16. The molecule has 0 unspecified atom stereocenters. The van der Waals surface area contributed by atoms with Gasteiger partial charge in [0.25, 0.3) is 0 Å². The fourth-order valence-electron chi connectivity index (χ4n) is 1.32. The highest BCUT2D eigenvalue weighted by molar-refractivity contribution is 6.37. The van der Waals surface area contributed by atoms with Crippen molar-refractivity contribution in [1.82, 2.24) is 9.97 Å². The monoisotopic (exact) mass is 244 g/mol. The van der Waals surface area contributed by atoms with Crippen molar-refractivity contribution in [2.75, 3.05) is 0 Å². The van der Waals surface area contributed by atoms with Gasteiger partial charge in [0.2, 0.25) is 0 Å². The van der Waals surface area contributed by atoms with Crippen LogP contribution in [0.3, 0.4) is 0 Å². The van der Waals surface area contributed by atoms with Crippen molar-refractivity contribution >= 4 is 40.2 Å². The summed E-state index contributed by atoms with van der Waals surface area (Å²) in [7, 11) is 0. The number of carboxylic acid groups (broad SMARTS) is 1. The SMILES string of the molecule is O=C(O)c1ccc2[nH]c(CCl)nc2c1Cl. The molecule has 1 aromatic heterocycles. The van der Waals surface area contributed by atoms with E-state index in [4.69, 9.17) is 28.3 Å². The molecule has 0 saturated carbocycles. The number of alkyl halides is 1. The molecule has 0 spiro atoms. The van der Waals surface area contributed by atoms with Crippen molar-refractivity contribution in [3.8, 4) is 0 Å². The van der Waals surface area contributed by atoms with E-state index >= 15 is 0 Å². The van der Waals surface area contributed by atoms with E-state index in [0.717, 1.165) is 0 Å². The number of aromatic nitrogens is 2. The van der Waals surface area contributed by atoms with Crippen molar-refractivity contribution < 1.29 is 9.90 Å². The van der Waals surface area contributed by atoms with E-state index in [1.165, 1.54) is 6.07 Å². The van der Waals surface area contributed by atoms with Gasteiger partial charge in [-0.3, -0.25) is 0 Å². The molecule has 0 aliphatic carbocycles. The largest absolute Gasteiger partial charge is 0.478 e. The third kappa shape index (κ3) is 1.66. The summed E-state index contributed by atoms with van der Waals surface area (Å²) < 4.78 is 0. The van der Waals surface area contributed by atoms with Crippen LogP contribution in [0.15, 0.2) is 12.1 Å². The zero-order chi connectivity index (χ0) is 11.0. The summed E-state index contributed by atoms with van der Waals surface area (Å²) >= 11 is 11.5. The zero-order valence-electron chi connectivity index (χ0n) is 7.42. The lowest BCUT2D eigenvalue weighted by atomic mass is 10.2. The van der Waals surface area contributed by atoms with Gasteiger partial charge in [0.15, 0.2) is 0 Å². The second-order valence-corrected chi connectivity index (χ2v) is 3.59. The number of H-pyrrole nitrogens is 1. The number of carboxylic acids is 1. The summed E-state index contributed by atoms with van der Waals surface area (Å²) in [6.07, 6.45) is 0. The Morgan fingerprint density at radius 1 is 1.53 bits per heavy atom. The average Bonchev–Trinajstić information content (AvgIpc) is 2.61. The van der Waals surface area contributed by atoms with Crippen molar-refractivity contribution in [3.63, 3.8) is 0 Å². The molecule has 15 heavy (non-hydrogen) atoms. The molecular formula is C9H6Cl2N2O2. The summed E-state index contributed by atoms with van der Waals surface area (Å²) in [6, 6.07) is 3.05. The number of hydrogen-bond acceptors (Lipinski definition) is 2. The highest BCUT2D eigenvalue weighted by Crippen LogP contribution is 2.26. The minimum Gasteiger partial charge on any atom is -0.478 e. The number of rotatable bonds is 2. The molecule has 0 aliphatic heterocycles. The van der Waals surface area contributed by atoms with Crippen LogP contribution in [0, 0.1) is 0 Å². The van der Waals surface area contributed by atoms with Gasteiger partial charge in [-0.2, -0.15) is 0 Å². The van der Waals surface area contributed by atoms with Crippen LogP contribution in [0.1, 0.15) is 16.2 Å². The molecule has 0 aliphatic rings. The van der Waals surface area contributed by atoms with Crippen LogP contribution in [0.2, 0.25) is 5.02 Å². The Hall–Kier alpha value is -1.26. The van der Waals surface area contributed by atoms with Crippen molar-refractivity contribution in [2.45, 2.75) is 5.88 Å². The number of halogens is 2. The fraction of sp³-hybridized carbons (Fsp3) is 0.111. The third-order valence-corrected chi connectivity index (χ3v) is 2.63. The number of aromatic amines is 1. The Morgan fingerprint density at radius 2 is 2.27 bits per heavy atom. The smallest absolute Gasteiger partial charge is 0.337 e. The number of nitrogens with zero attached hydrogens (tertiary/aromatic N) is 1. The maximum Gasteiger partial charge on any atom is 0.337 e. The first kappa shape index (κ1) is 10.3. The van der Waals surface area contributed by atoms with Crippen LogP contribution < -0.4 is 0 Å². The highest BCUT2D eigenvalue weighted by Gasteiger charge is 2.14. The standard InChI is InChI=1S/C9H6Cl2N2O2/c10-3-6-12-5-2-1-4(9(14)15)7(11)8(5)13-6/h1-2H,3H2,(H,12,13)(H,14,15). The van der Waals surface area contributed by atoms with Crippen molar-refractivity contribution in [2.24, 2.45) is 0 Å². The van der Waals surface area contributed by atoms with E-state index in [0.29, 0.717) is 16.9 Å². The molecule has 1 aromatic carbocycles. The van der Waals surface area contributed by atoms with Gasteiger partial charge >= 0.3 is 5.97 Å². The lowest BCUT2D eigenvalue weighted by Crippen LogP contribution is -1.97. The van der Waals surface area contributed by atoms with Crippen LogP contribution in [0.25, 0.3) is 11.0 Å². The minimum atomic E-state index is -1.07. The maximum absolute atomic E-state index is 10.8. The second-order valence-electron chi connectivity index (χ2n) is 2.95. The van der Waals surface area contributed by atoms with Gasteiger partial charge in [0, 0.05) is 0 Å². The number of carbonyl (C=O) groups is 1. The molecule has 4 nitrogen and oxygen atoms in total. The molecule has 0 radical (unpaired) electrons. The Balaban J connectivity index is 2.72. The number of fused-ring (bicyclic) bond motifs is 1. The molecule has 0 fully saturated rings. The normalized spacial score (nSPS) is 10.8. The number of nitrogens with one attached hydrogen (secondary N) is 1. The van der Waals surface area contributed by atoms with E-state index in [-0.39, 0.29) is 16.5 Å². The lowest BCUT2D eigenvalue weighted by Gasteiger charge is -1.97. The van der Waals surface area contributed by atoms with E-state index in [2.05, 4.69) is 9.97 Å².